The van der Waals surface area contributed by atoms with Crippen LogP contribution in [0.5, 0.6) is 0 Å². The zero-order chi connectivity index (χ0) is 19.1. The Kier molecular flexibility index (Phi) is 7.64. The molecule has 1 unspecified atom stereocenters. The molecule has 2 aliphatic rings. The van der Waals surface area contributed by atoms with Crippen molar-refractivity contribution in [2.75, 3.05) is 26.3 Å². The highest BCUT2D eigenvalue weighted by Crippen LogP contribution is 2.37. The van der Waals surface area contributed by atoms with Crippen LogP contribution in [0.3, 0.4) is 0 Å². The van der Waals surface area contributed by atoms with Gasteiger partial charge in [-0.05, 0) is 26.7 Å². The lowest BCUT2D eigenvalue weighted by atomic mass is 10.1. The zero-order valence-electron chi connectivity index (χ0n) is 16.1. The standard InChI is InChI=1S/C21H28N2O3S/c1-3-25-21(26-4-2)18-17(15-24)19(23-13-9-6-10-14-23)22-20(27-18)16-11-7-5-8-12-16/h5,7-8,11-12,15,19,21H,3-4,6,9-10,13-14H2,1-2H3. The Morgan fingerprint density at radius 3 is 2.41 bits per heavy atom. The van der Waals surface area contributed by atoms with Gasteiger partial charge in [-0.3, -0.25) is 14.7 Å². The van der Waals surface area contributed by atoms with Gasteiger partial charge in [-0.25, -0.2) is 0 Å². The number of aldehydes is 1. The first-order valence-corrected chi connectivity index (χ1v) is 10.6. The Labute approximate surface area is 165 Å². The van der Waals surface area contributed by atoms with Gasteiger partial charge in [0, 0.05) is 37.4 Å². The average Bonchev–Trinajstić information content (AvgIpc) is 2.74. The van der Waals surface area contributed by atoms with Crippen molar-refractivity contribution in [1.82, 2.24) is 4.90 Å². The summed E-state index contributed by atoms with van der Waals surface area (Å²) < 4.78 is 11.7. The van der Waals surface area contributed by atoms with E-state index < -0.39 is 6.29 Å². The molecule has 0 saturated carbocycles. The maximum absolute atomic E-state index is 12.1. The zero-order valence-corrected chi connectivity index (χ0v) is 16.9. The van der Waals surface area contributed by atoms with E-state index in [0.29, 0.717) is 18.8 Å². The number of nitrogens with zero attached hydrogens (tertiary/aromatic N) is 2. The van der Waals surface area contributed by atoms with Gasteiger partial charge < -0.3 is 9.47 Å². The molecule has 1 saturated heterocycles. The van der Waals surface area contributed by atoms with Crippen molar-refractivity contribution >= 4 is 23.1 Å². The highest BCUT2D eigenvalue weighted by molar-refractivity contribution is 8.17. The fraction of sp³-hybridized carbons (Fsp3) is 0.524. The number of rotatable bonds is 8. The smallest absolute Gasteiger partial charge is 0.190 e. The first-order valence-electron chi connectivity index (χ1n) is 9.76. The normalized spacial score (nSPS) is 21.4. The van der Waals surface area contributed by atoms with Crippen LogP contribution in [0.4, 0.5) is 0 Å². The van der Waals surface area contributed by atoms with Crippen LogP contribution in [0.15, 0.2) is 45.8 Å². The number of hydrogen-bond acceptors (Lipinski definition) is 6. The van der Waals surface area contributed by atoms with Gasteiger partial charge in [-0.15, -0.1) is 0 Å². The third-order valence-corrected chi connectivity index (χ3v) is 5.93. The quantitative estimate of drug-likeness (QED) is 0.500. The molecule has 5 nitrogen and oxygen atoms in total. The summed E-state index contributed by atoms with van der Waals surface area (Å²) in [5.41, 5.74) is 1.73. The van der Waals surface area contributed by atoms with Crippen LogP contribution in [-0.4, -0.2) is 55.0 Å². The number of benzene rings is 1. The van der Waals surface area contributed by atoms with Crippen molar-refractivity contribution in [2.24, 2.45) is 4.99 Å². The average molecular weight is 389 g/mol. The maximum Gasteiger partial charge on any atom is 0.190 e. The summed E-state index contributed by atoms with van der Waals surface area (Å²) in [4.78, 5) is 20.2. The van der Waals surface area contributed by atoms with Crippen molar-refractivity contribution in [3.63, 3.8) is 0 Å². The minimum absolute atomic E-state index is 0.266. The predicted molar refractivity (Wildman–Crippen MR) is 110 cm³/mol. The maximum atomic E-state index is 12.1. The van der Waals surface area contributed by atoms with E-state index in [0.717, 1.165) is 47.7 Å². The fourth-order valence-corrected chi connectivity index (χ4v) is 4.58. The lowest BCUT2D eigenvalue weighted by Crippen LogP contribution is -2.42. The second-order valence-corrected chi connectivity index (χ2v) is 7.58. The van der Waals surface area contributed by atoms with Crippen LogP contribution in [0, 0.1) is 0 Å². The van der Waals surface area contributed by atoms with Crippen molar-refractivity contribution in [3.8, 4) is 0 Å². The van der Waals surface area contributed by atoms with E-state index in [4.69, 9.17) is 14.5 Å². The second-order valence-electron chi connectivity index (χ2n) is 6.55. The Morgan fingerprint density at radius 2 is 1.81 bits per heavy atom. The molecule has 0 bridgehead atoms. The Bertz CT molecular complexity index is 678. The van der Waals surface area contributed by atoms with E-state index in [1.165, 1.54) is 18.2 Å². The molecular weight excluding hydrogens is 360 g/mol. The second kappa shape index (κ2) is 10.2. The monoisotopic (exact) mass is 388 g/mol. The number of carbonyl (C=O) groups is 1. The molecule has 1 fully saturated rings. The fourth-order valence-electron chi connectivity index (χ4n) is 3.46. The van der Waals surface area contributed by atoms with Gasteiger partial charge in [0.25, 0.3) is 0 Å². The van der Waals surface area contributed by atoms with Crippen molar-refractivity contribution in [1.29, 1.82) is 0 Å². The number of ether oxygens (including phenoxy) is 2. The third-order valence-electron chi connectivity index (χ3n) is 4.74. The van der Waals surface area contributed by atoms with Crippen LogP contribution < -0.4 is 0 Å². The molecule has 2 heterocycles. The third kappa shape index (κ3) is 4.88. The molecule has 6 heteroatoms. The molecule has 1 aromatic carbocycles. The minimum Gasteiger partial charge on any atom is -0.348 e. The van der Waals surface area contributed by atoms with E-state index in [-0.39, 0.29) is 6.17 Å². The van der Waals surface area contributed by atoms with Gasteiger partial charge in [0.15, 0.2) is 12.6 Å². The lowest BCUT2D eigenvalue weighted by molar-refractivity contribution is -0.111. The SMILES string of the molecule is CCOC(OCC)C1=C(C=O)C(N2CCCCC2)N=C(c2ccccc2)S1. The van der Waals surface area contributed by atoms with Crippen LogP contribution in [0.2, 0.25) is 0 Å². The molecule has 0 spiro atoms. The van der Waals surface area contributed by atoms with Crippen LogP contribution in [0.25, 0.3) is 0 Å². The topological polar surface area (TPSA) is 51.1 Å². The number of thioether (sulfide) groups is 1. The van der Waals surface area contributed by atoms with Crippen molar-refractivity contribution in [3.05, 3.63) is 46.4 Å². The molecule has 1 aromatic rings. The van der Waals surface area contributed by atoms with E-state index in [2.05, 4.69) is 17.0 Å². The minimum atomic E-state index is -0.535. The van der Waals surface area contributed by atoms with Crippen LogP contribution in [-0.2, 0) is 14.3 Å². The first-order chi connectivity index (χ1) is 13.3. The molecule has 2 aliphatic heterocycles. The summed E-state index contributed by atoms with van der Waals surface area (Å²) in [5.74, 6) is 0. The molecule has 0 radical (unpaired) electrons. The van der Waals surface area contributed by atoms with Crippen LogP contribution in [0.1, 0.15) is 38.7 Å². The summed E-state index contributed by atoms with van der Waals surface area (Å²) >= 11 is 1.49. The molecule has 0 N–H and O–H groups in total. The number of piperidine rings is 1. The van der Waals surface area contributed by atoms with Crippen molar-refractivity contribution < 1.29 is 14.3 Å². The van der Waals surface area contributed by atoms with Gasteiger partial charge in [0.2, 0.25) is 0 Å². The van der Waals surface area contributed by atoms with E-state index in [1.807, 2.05) is 32.0 Å². The number of carbonyl (C=O) groups excluding carboxylic acids is 1. The Morgan fingerprint density at radius 1 is 1.15 bits per heavy atom. The van der Waals surface area contributed by atoms with Gasteiger partial charge in [-0.1, -0.05) is 48.5 Å². The summed E-state index contributed by atoms with van der Waals surface area (Å²) in [6, 6.07) is 10.1. The molecule has 27 heavy (non-hydrogen) atoms. The predicted octanol–water partition coefficient (Wildman–Crippen LogP) is 3.84. The van der Waals surface area contributed by atoms with Gasteiger partial charge in [-0.2, -0.15) is 0 Å². The summed E-state index contributed by atoms with van der Waals surface area (Å²) in [5, 5.41) is 0.913. The van der Waals surface area contributed by atoms with E-state index >= 15 is 0 Å². The summed E-state index contributed by atoms with van der Waals surface area (Å²) in [6.45, 7) is 6.84. The lowest BCUT2D eigenvalue weighted by Gasteiger charge is -2.36. The van der Waals surface area contributed by atoms with E-state index in [1.54, 1.807) is 0 Å². The number of hydrogen-bond donors (Lipinski definition) is 0. The highest BCUT2D eigenvalue weighted by atomic mass is 32.2. The van der Waals surface area contributed by atoms with Gasteiger partial charge >= 0.3 is 0 Å². The Hall–Kier alpha value is -1.47. The largest absolute Gasteiger partial charge is 0.348 e. The molecule has 0 amide bonds. The molecule has 146 valence electrons. The molecule has 0 aliphatic carbocycles. The highest BCUT2D eigenvalue weighted by Gasteiger charge is 2.34. The molecule has 1 atom stereocenters. The number of likely N-dealkylation sites (tertiary alicyclic amines) is 1. The number of aliphatic imine (C=N–C) groups is 1. The van der Waals surface area contributed by atoms with Crippen LogP contribution >= 0.6 is 11.8 Å². The molecular formula is C21H28N2O3S. The molecule has 0 aromatic heterocycles. The Balaban J connectivity index is 2.01. The summed E-state index contributed by atoms with van der Waals surface area (Å²) in [6.07, 6.45) is 3.66. The first kappa shape index (κ1) is 20.3. The summed E-state index contributed by atoms with van der Waals surface area (Å²) in [7, 11) is 0. The van der Waals surface area contributed by atoms with Gasteiger partial charge in [0.05, 0.1) is 4.91 Å². The molecule has 3 rings (SSSR count). The van der Waals surface area contributed by atoms with Crippen molar-refractivity contribution in [2.45, 2.75) is 45.6 Å². The van der Waals surface area contributed by atoms with Gasteiger partial charge in [0.1, 0.15) is 11.2 Å². The van der Waals surface area contributed by atoms with E-state index in [9.17, 15) is 4.79 Å².